The van der Waals surface area contributed by atoms with E-state index >= 15 is 0 Å². The number of carbonyl (C=O) groups excluding carboxylic acids is 1. The molecule has 2 N–H and O–H groups in total. The molecule has 1 heterocycles. The maximum absolute atomic E-state index is 12.5. The second kappa shape index (κ2) is 8.83. The third kappa shape index (κ3) is 4.84. The van der Waals surface area contributed by atoms with Crippen LogP contribution in [-0.4, -0.2) is 50.0 Å². The van der Waals surface area contributed by atoms with Crippen LogP contribution in [0.15, 0.2) is 48.5 Å². The number of aliphatic hydroxyl groups excluding tert-OH is 1. The van der Waals surface area contributed by atoms with Crippen LogP contribution in [0.25, 0.3) is 0 Å². The molecule has 1 aliphatic rings. The molecule has 0 saturated carbocycles. The molecular weight excluding hydrogens is 328 g/mol. The molecule has 3 rings (SSSR count). The molecule has 138 valence electrons. The first-order valence-electron chi connectivity index (χ1n) is 9.06. The Kier molecular flexibility index (Phi) is 6.26. The number of hydrogen-bond donors (Lipinski definition) is 2. The number of aryl methyl sites for hydroxylation is 1. The van der Waals surface area contributed by atoms with Crippen molar-refractivity contribution in [2.45, 2.75) is 19.4 Å². The average Bonchev–Trinajstić information content (AvgIpc) is 2.68. The van der Waals surface area contributed by atoms with Crippen LogP contribution in [-0.2, 0) is 11.2 Å². The molecule has 2 aromatic carbocycles. The lowest BCUT2D eigenvalue weighted by Crippen LogP contribution is -2.39. The highest BCUT2D eigenvalue weighted by Gasteiger charge is 2.15. The molecular formula is C21H26N2O3. The lowest BCUT2D eigenvalue weighted by molar-refractivity contribution is 0.0916. The average molecular weight is 354 g/mol. The Balaban J connectivity index is 1.60. The van der Waals surface area contributed by atoms with Gasteiger partial charge in [-0.05, 0) is 43.2 Å². The Morgan fingerprint density at radius 2 is 1.92 bits per heavy atom. The normalized spacial score (nSPS) is 15.5. The zero-order chi connectivity index (χ0) is 18.4. The van der Waals surface area contributed by atoms with Gasteiger partial charge in [-0.25, -0.2) is 0 Å². The minimum Gasteiger partial charge on any atom is -0.394 e. The molecule has 1 aliphatic heterocycles. The molecule has 26 heavy (non-hydrogen) atoms. The van der Waals surface area contributed by atoms with E-state index in [4.69, 9.17) is 4.74 Å². The molecule has 0 radical (unpaired) electrons. The minimum absolute atomic E-state index is 0.0917. The second-order valence-corrected chi connectivity index (χ2v) is 6.69. The first-order valence-corrected chi connectivity index (χ1v) is 9.06. The number of ether oxygens (including phenoxy) is 1. The highest BCUT2D eigenvalue weighted by molar-refractivity contribution is 5.94. The molecule has 0 aliphatic carbocycles. The summed E-state index contributed by atoms with van der Waals surface area (Å²) in [6.45, 7) is 5.15. The number of rotatable bonds is 6. The van der Waals surface area contributed by atoms with Crippen LogP contribution in [0.5, 0.6) is 0 Å². The fourth-order valence-electron chi connectivity index (χ4n) is 3.20. The summed E-state index contributed by atoms with van der Waals surface area (Å²) in [5.74, 6) is -0.162. The third-order valence-corrected chi connectivity index (χ3v) is 4.63. The highest BCUT2D eigenvalue weighted by atomic mass is 16.5. The molecule has 2 aromatic rings. The van der Waals surface area contributed by atoms with Crippen LogP contribution >= 0.6 is 0 Å². The summed E-state index contributed by atoms with van der Waals surface area (Å²) in [5, 5.41) is 12.6. The third-order valence-electron chi connectivity index (χ3n) is 4.63. The van der Waals surface area contributed by atoms with E-state index in [1.165, 1.54) is 5.56 Å². The minimum atomic E-state index is -0.303. The van der Waals surface area contributed by atoms with Gasteiger partial charge in [0, 0.05) is 24.3 Å². The van der Waals surface area contributed by atoms with E-state index in [0.29, 0.717) is 12.0 Å². The summed E-state index contributed by atoms with van der Waals surface area (Å²) < 4.78 is 5.37. The maximum Gasteiger partial charge on any atom is 0.251 e. The molecule has 5 nitrogen and oxygen atoms in total. The number of amides is 1. The van der Waals surface area contributed by atoms with Gasteiger partial charge in [-0.2, -0.15) is 0 Å². The van der Waals surface area contributed by atoms with Gasteiger partial charge in [0.2, 0.25) is 0 Å². The Hall–Kier alpha value is -2.37. The van der Waals surface area contributed by atoms with Gasteiger partial charge in [0.15, 0.2) is 0 Å². The molecule has 0 spiro atoms. The van der Waals surface area contributed by atoms with E-state index in [9.17, 15) is 9.90 Å². The van der Waals surface area contributed by atoms with Crippen molar-refractivity contribution in [1.82, 2.24) is 5.32 Å². The number of hydrogen-bond acceptors (Lipinski definition) is 4. The first-order chi connectivity index (χ1) is 12.7. The summed E-state index contributed by atoms with van der Waals surface area (Å²) in [6, 6.07) is 15.4. The summed E-state index contributed by atoms with van der Waals surface area (Å²) in [7, 11) is 0. The lowest BCUT2D eigenvalue weighted by Gasteiger charge is -2.28. The van der Waals surface area contributed by atoms with E-state index < -0.39 is 0 Å². The van der Waals surface area contributed by atoms with Gasteiger partial charge in [0.25, 0.3) is 5.91 Å². The number of morpholine rings is 1. The lowest BCUT2D eigenvalue weighted by atomic mass is 10.0. The summed E-state index contributed by atoms with van der Waals surface area (Å²) >= 11 is 0. The van der Waals surface area contributed by atoms with Gasteiger partial charge < -0.3 is 20.1 Å². The smallest absolute Gasteiger partial charge is 0.251 e. The predicted octanol–water partition coefficient (Wildman–Crippen LogP) is 2.17. The van der Waals surface area contributed by atoms with Crippen LogP contribution in [0.4, 0.5) is 5.69 Å². The van der Waals surface area contributed by atoms with Gasteiger partial charge in [-0.15, -0.1) is 0 Å². The fourth-order valence-corrected chi connectivity index (χ4v) is 3.20. The zero-order valence-electron chi connectivity index (χ0n) is 15.1. The van der Waals surface area contributed by atoms with Crippen LogP contribution in [0, 0.1) is 6.92 Å². The molecule has 1 saturated heterocycles. The fraction of sp³-hybridized carbons (Fsp3) is 0.381. The number of anilines is 1. The van der Waals surface area contributed by atoms with Gasteiger partial charge >= 0.3 is 0 Å². The van der Waals surface area contributed by atoms with Crippen molar-refractivity contribution in [1.29, 1.82) is 0 Å². The largest absolute Gasteiger partial charge is 0.394 e. The number of aliphatic hydroxyl groups is 1. The molecule has 0 unspecified atom stereocenters. The Bertz CT molecular complexity index is 724. The molecule has 1 fully saturated rings. The quantitative estimate of drug-likeness (QED) is 0.835. The van der Waals surface area contributed by atoms with Gasteiger partial charge in [0.1, 0.15) is 0 Å². The Labute approximate surface area is 154 Å². The summed E-state index contributed by atoms with van der Waals surface area (Å²) in [4.78, 5) is 14.8. The van der Waals surface area contributed by atoms with Gasteiger partial charge in [-0.3, -0.25) is 4.79 Å². The van der Waals surface area contributed by atoms with Crippen LogP contribution < -0.4 is 10.2 Å². The highest BCUT2D eigenvalue weighted by Crippen LogP contribution is 2.17. The van der Waals surface area contributed by atoms with E-state index in [-0.39, 0.29) is 18.6 Å². The van der Waals surface area contributed by atoms with E-state index in [1.807, 2.05) is 49.4 Å². The van der Waals surface area contributed by atoms with Crippen LogP contribution in [0.3, 0.4) is 0 Å². The number of nitrogens with zero attached hydrogens (tertiary/aromatic N) is 1. The number of carbonyl (C=O) groups is 1. The van der Waals surface area contributed by atoms with Crippen molar-refractivity contribution >= 4 is 11.6 Å². The van der Waals surface area contributed by atoms with Gasteiger partial charge in [0.05, 0.1) is 25.9 Å². The maximum atomic E-state index is 12.5. The summed E-state index contributed by atoms with van der Waals surface area (Å²) in [6.07, 6.45) is 0.607. The molecule has 5 heteroatoms. The topological polar surface area (TPSA) is 61.8 Å². The number of benzene rings is 2. The van der Waals surface area contributed by atoms with Crippen molar-refractivity contribution in [3.63, 3.8) is 0 Å². The summed E-state index contributed by atoms with van der Waals surface area (Å²) in [5.41, 5.74) is 3.98. The predicted molar refractivity (Wildman–Crippen MR) is 103 cm³/mol. The van der Waals surface area contributed by atoms with Gasteiger partial charge in [-0.1, -0.05) is 29.8 Å². The standard InChI is InChI=1S/C21H26N2O3/c1-16-3-2-4-17(13-16)14-19(15-24)22-21(25)18-5-7-20(8-6-18)23-9-11-26-12-10-23/h2-8,13,19,24H,9-12,14-15H2,1H3,(H,22,25)/t19-/m0/s1. The Morgan fingerprint density at radius 1 is 1.19 bits per heavy atom. The van der Waals surface area contributed by atoms with Crippen molar-refractivity contribution in [2.24, 2.45) is 0 Å². The van der Waals surface area contributed by atoms with E-state index in [0.717, 1.165) is 37.6 Å². The van der Waals surface area contributed by atoms with Crippen molar-refractivity contribution < 1.29 is 14.6 Å². The van der Waals surface area contributed by atoms with Crippen molar-refractivity contribution in [2.75, 3.05) is 37.8 Å². The zero-order valence-corrected chi connectivity index (χ0v) is 15.1. The molecule has 1 atom stereocenters. The van der Waals surface area contributed by atoms with E-state index in [2.05, 4.69) is 16.3 Å². The molecule has 0 bridgehead atoms. The van der Waals surface area contributed by atoms with Crippen LogP contribution in [0.1, 0.15) is 21.5 Å². The second-order valence-electron chi connectivity index (χ2n) is 6.69. The molecule has 0 aromatic heterocycles. The van der Waals surface area contributed by atoms with E-state index in [1.54, 1.807) is 0 Å². The number of nitrogens with one attached hydrogen (secondary N) is 1. The monoisotopic (exact) mass is 354 g/mol. The molecule has 1 amide bonds. The van der Waals surface area contributed by atoms with Crippen LogP contribution in [0.2, 0.25) is 0 Å². The van der Waals surface area contributed by atoms with Crippen molar-refractivity contribution in [3.8, 4) is 0 Å². The first kappa shape index (κ1) is 18.4. The Morgan fingerprint density at radius 3 is 2.58 bits per heavy atom. The van der Waals surface area contributed by atoms with Crippen molar-refractivity contribution in [3.05, 3.63) is 65.2 Å². The SMILES string of the molecule is Cc1cccc(C[C@@H](CO)NC(=O)c2ccc(N3CCOCC3)cc2)c1.